The van der Waals surface area contributed by atoms with Crippen LogP contribution in [0.3, 0.4) is 0 Å². The molecule has 1 aliphatic heterocycles. The Balaban J connectivity index is 1.05. The van der Waals surface area contributed by atoms with Gasteiger partial charge in [0, 0.05) is 48.0 Å². The predicted octanol–water partition coefficient (Wildman–Crippen LogP) is 13.9. The van der Waals surface area contributed by atoms with E-state index in [9.17, 15) is 0 Å². The molecule has 0 saturated heterocycles. The number of benzene rings is 9. The zero-order valence-electron chi connectivity index (χ0n) is 30.5. The third-order valence-corrected chi connectivity index (χ3v) is 13.0. The third-order valence-electron chi connectivity index (χ3n) is 11.9. The van der Waals surface area contributed by atoms with E-state index in [0.29, 0.717) is 5.95 Å². The smallest absolute Gasteiger partial charge is 0.235 e. The van der Waals surface area contributed by atoms with Gasteiger partial charge in [0.15, 0.2) is 0 Å². The molecule has 264 valence electrons. The maximum atomic E-state index is 5.42. The lowest BCUT2D eigenvalue weighted by atomic mass is 9.99. The fraction of sp³-hybridized carbons (Fsp3) is 0. The lowest BCUT2D eigenvalue weighted by molar-refractivity contribution is 1.01. The molecule has 0 N–H and O–H groups in total. The molecule has 0 unspecified atom stereocenters. The molecular formula is C52H30N4S. The highest BCUT2D eigenvalue weighted by Gasteiger charge is 2.24. The first-order valence-electron chi connectivity index (χ1n) is 19.3. The molecule has 1 aliphatic rings. The summed E-state index contributed by atoms with van der Waals surface area (Å²) in [6.07, 6.45) is 0. The minimum atomic E-state index is 0.683. The van der Waals surface area contributed by atoms with Crippen LogP contribution in [0.1, 0.15) is 0 Å². The van der Waals surface area contributed by atoms with Gasteiger partial charge in [-0.15, -0.1) is 0 Å². The summed E-state index contributed by atoms with van der Waals surface area (Å²) in [5.74, 6) is 0.683. The van der Waals surface area contributed by atoms with Gasteiger partial charge in [0.25, 0.3) is 0 Å². The van der Waals surface area contributed by atoms with E-state index >= 15 is 0 Å². The second-order valence-electron chi connectivity index (χ2n) is 15.0. The van der Waals surface area contributed by atoms with Gasteiger partial charge in [-0.25, -0.2) is 9.97 Å². The van der Waals surface area contributed by atoms with Crippen LogP contribution in [0.4, 0.5) is 0 Å². The number of para-hydroxylation sites is 1. The summed E-state index contributed by atoms with van der Waals surface area (Å²) in [5.41, 5.74) is 11.2. The Kier molecular flexibility index (Phi) is 6.35. The third kappa shape index (κ3) is 4.46. The van der Waals surface area contributed by atoms with Crippen molar-refractivity contribution >= 4 is 87.8 Å². The van der Waals surface area contributed by atoms with Crippen LogP contribution in [0.15, 0.2) is 192 Å². The summed E-state index contributed by atoms with van der Waals surface area (Å²) >= 11 is 1.80. The Morgan fingerprint density at radius 3 is 1.95 bits per heavy atom. The molecule has 0 amide bonds. The van der Waals surface area contributed by atoms with Crippen LogP contribution in [0.25, 0.3) is 110 Å². The van der Waals surface area contributed by atoms with E-state index < -0.39 is 0 Å². The number of nitrogens with zero attached hydrogens (tertiary/aromatic N) is 4. The van der Waals surface area contributed by atoms with E-state index in [1.54, 1.807) is 11.8 Å². The van der Waals surface area contributed by atoms with E-state index in [1.165, 1.54) is 75.0 Å². The average molecular weight is 743 g/mol. The SMILES string of the molecule is c1ccc2c(c1)Sc1cccc3nc(-n4c5ccc(-c6ccc7c(c6)c6ccccc6n7-c6ccc7ccccc7c6)cc5c5c6ccccc6ccc54)nc-2c13. The Bertz CT molecular complexity index is 3690. The monoisotopic (exact) mass is 742 g/mol. The zero-order chi connectivity index (χ0) is 37.2. The number of fused-ring (bicyclic) bond motifs is 11. The number of rotatable bonds is 3. The second kappa shape index (κ2) is 11.7. The molecule has 57 heavy (non-hydrogen) atoms. The molecular weight excluding hydrogens is 713 g/mol. The maximum Gasteiger partial charge on any atom is 0.235 e. The maximum absolute atomic E-state index is 5.42. The van der Waals surface area contributed by atoms with Crippen molar-refractivity contribution in [3.05, 3.63) is 182 Å². The van der Waals surface area contributed by atoms with Crippen LogP contribution in [0.2, 0.25) is 0 Å². The number of aromatic nitrogens is 4. The molecule has 12 aromatic rings. The summed E-state index contributed by atoms with van der Waals surface area (Å²) < 4.78 is 4.68. The Morgan fingerprint density at radius 1 is 0.386 bits per heavy atom. The van der Waals surface area contributed by atoms with Gasteiger partial charge in [0.05, 0.1) is 33.3 Å². The lowest BCUT2D eigenvalue weighted by Gasteiger charge is -2.20. The van der Waals surface area contributed by atoms with Crippen molar-refractivity contribution in [2.24, 2.45) is 0 Å². The van der Waals surface area contributed by atoms with Gasteiger partial charge in [-0.1, -0.05) is 127 Å². The first-order chi connectivity index (χ1) is 28.2. The molecule has 3 aromatic heterocycles. The van der Waals surface area contributed by atoms with Crippen molar-refractivity contribution in [3.8, 4) is 34.0 Å². The molecule has 13 rings (SSSR count). The van der Waals surface area contributed by atoms with Crippen molar-refractivity contribution < 1.29 is 0 Å². The van der Waals surface area contributed by atoms with E-state index in [0.717, 1.165) is 38.9 Å². The van der Waals surface area contributed by atoms with Crippen molar-refractivity contribution in [2.75, 3.05) is 0 Å². The van der Waals surface area contributed by atoms with Gasteiger partial charge < -0.3 is 4.57 Å². The molecule has 4 nitrogen and oxygen atoms in total. The minimum Gasteiger partial charge on any atom is -0.309 e. The normalized spacial score (nSPS) is 12.5. The molecule has 0 atom stereocenters. The molecule has 5 heteroatoms. The van der Waals surface area contributed by atoms with Gasteiger partial charge in [-0.3, -0.25) is 4.57 Å². The standard InChI is InChI=1S/C52H30N4S/c1-2-12-33-28-36(24-20-31(33)10-1)55-43-17-7-5-14-38(43)40-29-34(22-25-44(40)55)35-23-26-45-41(30-35)49-37-13-4-3-11-32(37)21-27-46(49)56(45)52-53-42-16-9-19-48-50(42)51(54-52)39-15-6-8-18-47(39)57-48/h1-30H. The van der Waals surface area contributed by atoms with Gasteiger partial charge in [0.1, 0.15) is 0 Å². The fourth-order valence-electron chi connectivity index (χ4n) is 9.32. The molecule has 0 spiro atoms. The van der Waals surface area contributed by atoms with Crippen LogP contribution in [-0.2, 0) is 0 Å². The summed E-state index contributed by atoms with van der Waals surface area (Å²) in [6.45, 7) is 0. The summed E-state index contributed by atoms with van der Waals surface area (Å²) in [5, 5.41) is 10.9. The molecule has 0 bridgehead atoms. The van der Waals surface area contributed by atoms with Gasteiger partial charge >= 0.3 is 0 Å². The Morgan fingerprint density at radius 2 is 1.05 bits per heavy atom. The summed E-state index contributed by atoms with van der Waals surface area (Å²) in [6, 6.07) is 66.1. The van der Waals surface area contributed by atoms with Gasteiger partial charge in [-0.05, 0) is 99.4 Å². The first-order valence-corrected chi connectivity index (χ1v) is 20.1. The van der Waals surface area contributed by atoms with Crippen LogP contribution >= 0.6 is 11.8 Å². The topological polar surface area (TPSA) is 35.6 Å². The summed E-state index contributed by atoms with van der Waals surface area (Å²) in [4.78, 5) is 13.1. The quantitative estimate of drug-likeness (QED) is 0.181. The van der Waals surface area contributed by atoms with E-state index in [1.807, 2.05) is 0 Å². The highest BCUT2D eigenvalue weighted by molar-refractivity contribution is 7.99. The second-order valence-corrected chi connectivity index (χ2v) is 16.1. The number of hydrogen-bond acceptors (Lipinski definition) is 3. The molecule has 0 aliphatic carbocycles. The van der Waals surface area contributed by atoms with Crippen molar-refractivity contribution in [3.63, 3.8) is 0 Å². The van der Waals surface area contributed by atoms with Crippen LogP contribution in [0, 0.1) is 0 Å². The van der Waals surface area contributed by atoms with Crippen LogP contribution in [0.5, 0.6) is 0 Å². The van der Waals surface area contributed by atoms with Crippen molar-refractivity contribution in [1.29, 1.82) is 0 Å². The highest BCUT2D eigenvalue weighted by Crippen LogP contribution is 2.47. The van der Waals surface area contributed by atoms with Gasteiger partial charge in [0.2, 0.25) is 5.95 Å². The molecule has 0 radical (unpaired) electrons. The van der Waals surface area contributed by atoms with E-state index in [2.05, 4.69) is 191 Å². The minimum absolute atomic E-state index is 0.683. The molecule has 0 fully saturated rings. The predicted molar refractivity (Wildman–Crippen MR) is 238 cm³/mol. The van der Waals surface area contributed by atoms with Crippen molar-refractivity contribution in [1.82, 2.24) is 19.1 Å². The number of hydrogen-bond donors (Lipinski definition) is 0. The highest BCUT2D eigenvalue weighted by atomic mass is 32.2. The van der Waals surface area contributed by atoms with Crippen molar-refractivity contribution in [2.45, 2.75) is 9.79 Å². The average Bonchev–Trinajstić information content (AvgIpc) is 3.79. The first kappa shape index (κ1) is 31.0. The molecule has 0 saturated carbocycles. The largest absolute Gasteiger partial charge is 0.309 e. The lowest BCUT2D eigenvalue weighted by Crippen LogP contribution is -2.05. The Hall–Kier alpha value is -7.21. The van der Waals surface area contributed by atoms with Crippen LogP contribution < -0.4 is 0 Å². The fourth-order valence-corrected chi connectivity index (χ4v) is 10.4. The Labute approximate surface area is 331 Å². The van der Waals surface area contributed by atoms with Gasteiger partial charge in [-0.2, -0.15) is 0 Å². The van der Waals surface area contributed by atoms with E-state index in [-0.39, 0.29) is 0 Å². The molecule has 4 heterocycles. The zero-order valence-corrected chi connectivity index (χ0v) is 31.3. The summed E-state index contributed by atoms with van der Waals surface area (Å²) in [7, 11) is 0. The molecule has 9 aromatic carbocycles. The van der Waals surface area contributed by atoms with Crippen LogP contribution in [-0.4, -0.2) is 19.1 Å². The van der Waals surface area contributed by atoms with E-state index in [4.69, 9.17) is 9.97 Å².